The molecule has 1 heterocycles. The summed E-state index contributed by atoms with van der Waals surface area (Å²) in [6.45, 7) is 5.50. The minimum Gasteiger partial charge on any atom is -0.307 e. The van der Waals surface area contributed by atoms with Crippen molar-refractivity contribution in [3.8, 4) is 0 Å². The van der Waals surface area contributed by atoms with Gasteiger partial charge in [0.05, 0.1) is 6.54 Å². The van der Waals surface area contributed by atoms with Crippen LogP contribution in [0.3, 0.4) is 0 Å². The standard InChI is InChI=1S/C10H19F3N2S/c1-8-9(2)16-6-5-15(8)4-3-14-7-10(11,12)13/h8-9,14H,3-7H2,1-2H3. The largest absolute Gasteiger partial charge is 0.401 e. The highest BCUT2D eigenvalue weighted by Crippen LogP contribution is 2.23. The smallest absolute Gasteiger partial charge is 0.307 e. The summed E-state index contributed by atoms with van der Waals surface area (Å²) in [5.74, 6) is 1.07. The molecule has 0 aromatic heterocycles. The Morgan fingerprint density at radius 2 is 2.06 bits per heavy atom. The molecule has 1 fully saturated rings. The summed E-state index contributed by atoms with van der Waals surface area (Å²) in [7, 11) is 0. The summed E-state index contributed by atoms with van der Waals surface area (Å²) in [4.78, 5) is 2.25. The zero-order valence-corrected chi connectivity index (χ0v) is 10.5. The Morgan fingerprint density at radius 1 is 1.38 bits per heavy atom. The van der Waals surface area contributed by atoms with Gasteiger partial charge in [-0.1, -0.05) is 6.92 Å². The van der Waals surface area contributed by atoms with Crippen LogP contribution in [0.15, 0.2) is 0 Å². The van der Waals surface area contributed by atoms with E-state index >= 15 is 0 Å². The van der Waals surface area contributed by atoms with Gasteiger partial charge in [0.25, 0.3) is 0 Å². The van der Waals surface area contributed by atoms with E-state index in [0.717, 1.165) is 12.3 Å². The van der Waals surface area contributed by atoms with Gasteiger partial charge in [0, 0.05) is 36.7 Å². The topological polar surface area (TPSA) is 15.3 Å². The van der Waals surface area contributed by atoms with E-state index in [1.807, 2.05) is 11.8 Å². The number of hydrogen-bond acceptors (Lipinski definition) is 3. The third kappa shape index (κ3) is 4.93. The van der Waals surface area contributed by atoms with Crippen molar-refractivity contribution >= 4 is 11.8 Å². The monoisotopic (exact) mass is 256 g/mol. The molecule has 96 valence electrons. The summed E-state index contributed by atoms with van der Waals surface area (Å²) in [6, 6.07) is 0.450. The van der Waals surface area contributed by atoms with E-state index in [4.69, 9.17) is 0 Å². The molecule has 6 heteroatoms. The van der Waals surface area contributed by atoms with Gasteiger partial charge in [0.1, 0.15) is 0 Å². The van der Waals surface area contributed by atoms with Gasteiger partial charge in [-0.15, -0.1) is 0 Å². The lowest BCUT2D eigenvalue weighted by Gasteiger charge is -2.37. The van der Waals surface area contributed by atoms with Crippen molar-refractivity contribution in [2.75, 3.05) is 31.9 Å². The van der Waals surface area contributed by atoms with Gasteiger partial charge < -0.3 is 5.32 Å². The molecule has 16 heavy (non-hydrogen) atoms. The molecule has 0 aromatic rings. The third-order valence-electron chi connectivity index (χ3n) is 2.92. The first-order chi connectivity index (χ1) is 7.40. The van der Waals surface area contributed by atoms with Crippen molar-refractivity contribution in [1.29, 1.82) is 0 Å². The van der Waals surface area contributed by atoms with Gasteiger partial charge >= 0.3 is 6.18 Å². The van der Waals surface area contributed by atoms with Crippen molar-refractivity contribution in [1.82, 2.24) is 10.2 Å². The van der Waals surface area contributed by atoms with Gasteiger partial charge in [0.2, 0.25) is 0 Å². The highest BCUT2D eigenvalue weighted by atomic mass is 32.2. The predicted molar refractivity (Wildman–Crippen MR) is 61.9 cm³/mol. The predicted octanol–water partition coefficient (Wildman–Crippen LogP) is 1.96. The number of nitrogens with one attached hydrogen (secondary N) is 1. The average molecular weight is 256 g/mol. The number of halogens is 3. The van der Waals surface area contributed by atoms with E-state index in [0.29, 0.717) is 24.4 Å². The fourth-order valence-electron chi connectivity index (χ4n) is 1.76. The number of rotatable bonds is 4. The second kappa shape index (κ2) is 6.12. The van der Waals surface area contributed by atoms with Crippen LogP contribution < -0.4 is 5.32 Å². The Balaban J connectivity index is 2.17. The Labute approximate surface area is 98.9 Å². The second-order valence-corrected chi connectivity index (χ2v) is 5.63. The summed E-state index contributed by atoms with van der Waals surface area (Å²) >= 11 is 1.93. The molecule has 2 nitrogen and oxygen atoms in total. The lowest BCUT2D eigenvalue weighted by molar-refractivity contribution is -0.124. The van der Waals surface area contributed by atoms with Gasteiger partial charge in [0.15, 0.2) is 0 Å². The Hall–Kier alpha value is 0.0600. The molecule has 1 rings (SSSR count). The molecule has 1 aliphatic heterocycles. The molecule has 1 saturated heterocycles. The molecule has 0 aliphatic carbocycles. The lowest BCUT2D eigenvalue weighted by atomic mass is 10.2. The molecule has 0 radical (unpaired) electrons. The van der Waals surface area contributed by atoms with Crippen LogP contribution in [-0.2, 0) is 0 Å². The minimum atomic E-state index is -4.10. The fourth-order valence-corrected chi connectivity index (χ4v) is 2.93. The zero-order chi connectivity index (χ0) is 12.2. The van der Waals surface area contributed by atoms with Crippen molar-refractivity contribution in [3.05, 3.63) is 0 Å². The molecular formula is C10H19F3N2S. The van der Waals surface area contributed by atoms with Crippen LogP contribution in [0.1, 0.15) is 13.8 Å². The quantitative estimate of drug-likeness (QED) is 0.774. The zero-order valence-electron chi connectivity index (χ0n) is 9.68. The van der Waals surface area contributed by atoms with E-state index in [1.165, 1.54) is 0 Å². The third-order valence-corrected chi connectivity index (χ3v) is 4.25. The highest BCUT2D eigenvalue weighted by Gasteiger charge is 2.27. The first-order valence-corrected chi connectivity index (χ1v) is 6.58. The fraction of sp³-hybridized carbons (Fsp3) is 1.00. The van der Waals surface area contributed by atoms with E-state index < -0.39 is 12.7 Å². The maximum atomic E-state index is 11.9. The second-order valence-electron chi connectivity index (χ2n) is 4.14. The van der Waals surface area contributed by atoms with E-state index in [-0.39, 0.29) is 0 Å². The molecule has 0 bridgehead atoms. The maximum absolute atomic E-state index is 11.9. The highest BCUT2D eigenvalue weighted by molar-refractivity contribution is 8.00. The van der Waals surface area contributed by atoms with Gasteiger partial charge in [-0.3, -0.25) is 4.90 Å². The van der Waals surface area contributed by atoms with Crippen LogP contribution >= 0.6 is 11.8 Å². The van der Waals surface area contributed by atoms with Crippen molar-refractivity contribution in [2.24, 2.45) is 0 Å². The summed E-state index contributed by atoms with van der Waals surface area (Å²) in [5, 5.41) is 3.00. The normalized spacial score (nSPS) is 28.3. The Bertz CT molecular complexity index is 211. The van der Waals surface area contributed by atoms with Crippen LogP contribution in [-0.4, -0.2) is 54.3 Å². The van der Waals surface area contributed by atoms with Crippen LogP contribution in [0, 0.1) is 0 Å². The lowest BCUT2D eigenvalue weighted by Crippen LogP contribution is -2.47. The number of hydrogen-bond donors (Lipinski definition) is 1. The van der Waals surface area contributed by atoms with Crippen LogP contribution in [0.2, 0.25) is 0 Å². The summed E-state index contributed by atoms with van der Waals surface area (Å²) in [5.41, 5.74) is 0. The molecule has 0 amide bonds. The Morgan fingerprint density at radius 3 is 2.69 bits per heavy atom. The number of alkyl halides is 3. The molecule has 2 unspecified atom stereocenters. The molecule has 1 N–H and O–H groups in total. The Kier molecular flexibility index (Phi) is 5.40. The van der Waals surface area contributed by atoms with Crippen molar-refractivity contribution in [2.45, 2.75) is 31.3 Å². The van der Waals surface area contributed by atoms with Gasteiger partial charge in [-0.25, -0.2) is 0 Å². The summed E-state index contributed by atoms with van der Waals surface area (Å²) in [6.07, 6.45) is -4.10. The molecule has 0 aromatic carbocycles. The summed E-state index contributed by atoms with van der Waals surface area (Å²) < 4.78 is 35.6. The van der Waals surface area contributed by atoms with Gasteiger partial charge in [-0.05, 0) is 6.92 Å². The SMILES string of the molecule is CC1SCCN(CCNCC(F)(F)F)C1C. The maximum Gasteiger partial charge on any atom is 0.401 e. The molecule has 0 spiro atoms. The molecule has 2 atom stereocenters. The molecule has 1 aliphatic rings. The number of thioether (sulfide) groups is 1. The van der Waals surface area contributed by atoms with Crippen LogP contribution in [0.25, 0.3) is 0 Å². The first-order valence-electron chi connectivity index (χ1n) is 5.53. The van der Waals surface area contributed by atoms with E-state index in [2.05, 4.69) is 24.1 Å². The van der Waals surface area contributed by atoms with E-state index in [9.17, 15) is 13.2 Å². The first kappa shape index (κ1) is 14.1. The van der Waals surface area contributed by atoms with Crippen molar-refractivity contribution in [3.63, 3.8) is 0 Å². The number of nitrogens with zero attached hydrogens (tertiary/aromatic N) is 1. The van der Waals surface area contributed by atoms with Crippen LogP contribution in [0.4, 0.5) is 13.2 Å². The van der Waals surface area contributed by atoms with Crippen LogP contribution in [0.5, 0.6) is 0 Å². The average Bonchev–Trinajstić information content (AvgIpc) is 2.17. The minimum absolute atomic E-state index is 0.404. The van der Waals surface area contributed by atoms with Gasteiger partial charge in [-0.2, -0.15) is 24.9 Å². The molecule has 0 saturated carbocycles. The van der Waals surface area contributed by atoms with E-state index in [1.54, 1.807) is 0 Å². The van der Waals surface area contributed by atoms with Crippen molar-refractivity contribution < 1.29 is 13.2 Å². The molecular weight excluding hydrogens is 237 g/mol.